The average Bonchev–Trinajstić information content (AvgIpc) is 3.22. The van der Waals surface area contributed by atoms with Gasteiger partial charge in [0.05, 0.1) is 17.8 Å². The largest absolute Gasteiger partial charge is 0.448 e. The Kier molecular flexibility index (Phi) is 4.62. The van der Waals surface area contributed by atoms with Gasteiger partial charge in [-0.05, 0) is 28.9 Å². The van der Waals surface area contributed by atoms with Crippen molar-refractivity contribution < 1.29 is 9.21 Å². The molecule has 3 rings (SSSR count). The molecular formula is C17H19BrN4O2. The van der Waals surface area contributed by atoms with Crippen LogP contribution < -0.4 is 0 Å². The fraction of sp³-hybridized carbons (Fsp3) is 0.294. The van der Waals surface area contributed by atoms with Crippen molar-refractivity contribution in [1.29, 1.82) is 0 Å². The summed E-state index contributed by atoms with van der Waals surface area (Å²) in [7, 11) is 1.79. The molecule has 0 atom stereocenters. The summed E-state index contributed by atoms with van der Waals surface area (Å²) in [6.45, 7) is 7.62. The number of rotatable bonds is 6. The van der Waals surface area contributed by atoms with Crippen LogP contribution in [-0.4, -0.2) is 32.2 Å². The van der Waals surface area contributed by atoms with E-state index in [0.717, 1.165) is 17.8 Å². The summed E-state index contributed by atoms with van der Waals surface area (Å²) in [6.07, 6.45) is 3.52. The molecule has 0 aliphatic rings. The van der Waals surface area contributed by atoms with Crippen LogP contribution in [0.4, 0.5) is 0 Å². The predicted molar refractivity (Wildman–Crippen MR) is 95.8 cm³/mol. The highest BCUT2D eigenvalue weighted by molar-refractivity contribution is 9.10. The Labute approximate surface area is 148 Å². The number of allylic oxidation sites excluding steroid dienone is 1. The molecule has 0 aliphatic heterocycles. The number of halogens is 1. The van der Waals surface area contributed by atoms with Gasteiger partial charge in [-0.25, -0.2) is 0 Å². The SMILES string of the molecule is C=CCn1c(C(=O)N(C)Cc2ccnn2CC)cc2oc(Br)cc21. The summed E-state index contributed by atoms with van der Waals surface area (Å²) >= 11 is 3.32. The third kappa shape index (κ3) is 2.91. The molecule has 126 valence electrons. The van der Waals surface area contributed by atoms with E-state index in [2.05, 4.69) is 27.6 Å². The van der Waals surface area contributed by atoms with Crippen molar-refractivity contribution in [2.24, 2.45) is 0 Å². The van der Waals surface area contributed by atoms with Gasteiger partial charge in [0, 0.05) is 38.5 Å². The Morgan fingerprint density at radius 1 is 1.50 bits per heavy atom. The van der Waals surface area contributed by atoms with Crippen LogP contribution in [0.5, 0.6) is 0 Å². The molecule has 0 unspecified atom stereocenters. The van der Waals surface area contributed by atoms with Crippen LogP contribution in [-0.2, 0) is 19.6 Å². The molecule has 0 saturated carbocycles. The number of fused-ring (bicyclic) bond motifs is 1. The van der Waals surface area contributed by atoms with E-state index in [0.29, 0.717) is 29.0 Å². The first kappa shape index (κ1) is 16.6. The highest BCUT2D eigenvalue weighted by Crippen LogP contribution is 2.27. The van der Waals surface area contributed by atoms with Crippen molar-refractivity contribution >= 4 is 32.9 Å². The second kappa shape index (κ2) is 6.68. The quantitative estimate of drug-likeness (QED) is 0.603. The molecule has 0 fully saturated rings. The van der Waals surface area contributed by atoms with E-state index in [1.807, 2.05) is 28.3 Å². The number of nitrogens with zero attached hydrogens (tertiary/aromatic N) is 4. The second-order valence-corrected chi connectivity index (χ2v) is 6.31. The van der Waals surface area contributed by atoms with Crippen LogP contribution in [0.1, 0.15) is 23.1 Å². The number of carbonyl (C=O) groups is 1. The lowest BCUT2D eigenvalue weighted by Crippen LogP contribution is -2.29. The number of hydrogen-bond donors (Lipinski definition) is 0. The molecule has 3 aromatic heterocycles. The van der Waals surface area contributed by atoms with E-state index in [9.17, 15) is 4.79 Å². The molecule has 3 aromatic rings. The second-order valence-electron chi connectivity index (χ2n) is 5.53. The standard InChI is InChI=1S/C17H19BrN4O2/c1-4-8-21-13-10-16(18)24-15(13)9-14(21)17(23)20(3)11-12-6-7-19-22(12)5-2/h4,6-7,9-10H,1,5,8,11H2,2-3H3. The lowest BCUT2D eigenvalue weighted by Gasteiger charge is -2.18. The molecular weight excluding hydrogens is 372 g/mol. The van der Waals surface area contributed by atoms with Crippen LogP contribution in [0, 0.1) is 0 Å². The van der Waals surface area contributed by atoms with Gasteiger partial charge in [0.1, 0.15) is 5.69 Å². The molecule has 0 bridgehead atoms. The molecule has 3 heterocycles. The van der Waals surface area contributed by atoms with Crippen molar-refractivity contribution in [2.75, 3.05) is 7.05 Å². The van der Waals surface area contributed by atoms with Gasteiger partial charge >= 0.3 is 0 Å². The zero-order valence-corrected chi connectivity index (χ0v) is 15.3. The third-order valence-electron chi connectivity index (χ3n) is 3.94. The predicted octanol–water partition coefficient (Wildman–Crippen LogP) is 3.67. The summed E-state index contributed by atoms with van der Waals surface area (Å²) in [6, 6.07) is 5.57. The third-order valence-corrected chi connectivity index (χ3v) is 4.33. The van der Waals surface area contributed by atoms with Gasteiger partial charge < -0.3 is 13.9 Å². The van der Waals surface area contributed by atoms with Crippen LogP contribution in [0.3, 0.4) is 0 Å². The molecule has 6 nitrogen and oxygen atoms in total. The van der Waals surface area contributed by atoms with Crippen molar-refractivity contribution in [2.45, 2.75) is 26.6 Å². The van der Waals surface area contributed by atoms with Crippen LogP contribution in [0.2, 0.25) is 0 Å². The first-order chi connectivity index (χ1) is 11.5. The summed E-state index contributed by atoms with van der Waals surface area (Å²) in [4.78, 5) is 14.6. The molecule has 0 aromatic carbocycles. The minimum absolute atomic E-state index is 0.0665. The zero-order chi connectivity index (χ0) is 17.3. The monoisotopic (exact) mass is 390 g/mol. The lowest BCUT2D eigenvalue weighted by atomic mass is 10.3. The molecule has 24 heavy (non-hydrogen) atoms. The van der Waals surface area contributed by atoms with E-state index < -0.39 is 0 Å². The number of amides is 1. The normalized spacial score (nSPS) is 11.1. The maximum atomic E-state index is 12.9. The Morgan fingerprint density at radius 2 is 2.29 bits per heavy atom. The molecule has 0 N–H and O–H groups in total. The van der Waals surface area contributed by atoms with Gasteiger partial charge in [-0.3, -0.25) is 9.48 Å². The highest BCUT2D eigenvalue weighted by atomic mass is 79.9. The number of furan rings is 1. The fourth-order valence-electron chi connectivity index (χ4n) is 2.80. The Hall–Kier alpha value is -2.28. The topological polar surface area (TPSA) is 56.2 Å². The van der Waals surface area contributed by atoms with E-state index in [1.165, 1.54) is 0 Å². The van der Waals surface area contributed by atoms with Crippen LogP contribution >= 0.6 is 15.9 Å². The maximum Gasteiger partial charge on any atom is 0.270 e. The van der Waals surface area contributed by atoms with E-state index in [1.54, 1.807) is 30.3 Å². The van der Waals surface area contributed by atoms with E-state index in [-0.39, 0.29) is 5.91 Å². The minimum atomic E-state index is -0.0665. The zero-order valence-electron chi connectivity index (χ0n) is 13.7. The van der Waals surface area contributed by atoms with Crippen molar-refractivity contribution in [3.63, 3.8) is 0 Å². The summed E-state index contributed by atoms with van der Waals surface area (Å²) in [5.41, 5.74) is 3.14. The first-order valence-electron chi connectivity index (χ1n) is 7.70. The molecule has 1 amide bonds. The minimum Gasteiger partial charge on any atom is -0.448 e. The number of carbonyl (C=O) groups excluding carboxylic acids is 1. The number of aryl methyl sites for hydroxylation is 1. The van der Waals surface area contributed by atoms with E-state index in [4.69, 9.17) is 4.42 Å². The van der Waals surface area contributed by atoms with Gasteiger partial charge in [-0.2, -0.15) is 5.10 Å². The first-order valence-corrected chi connectivity index (χ1v) is 8.50. The summed E-state index contributed by atoms with van der Waals surface area (Å²) < 4.78 is 10.0. The summed E-state index contributed by atoms with van der Waals surface area (Å²) in [5, 5.41) is 4.24. The fourth-order valence-corrected chi connectivity index (χ4v) is 3.20. The Bertz CT molecular complexity index is 890. The van der Waals surface area contributed by atoms with Gasteiger partial charge in [0.15, 0.2) is 10.3 Å². The Morgan fingerprint density at radius 3 is 3.00 bits per heavy atom. The molecule has 0 spiro atoms. The number of aromatic nitrogens is 3. The maximum absolute atomic E-state index is 12.9. The van der Waals surface area contributed by atoms with Crippen LogP contribution in [0.15, 0.2) is 46.1 Å². The molecule has 0 radical (unpaired) electrons. The Balaban J connectivity index is 1.91. The molecule has 0 saturated heterocycles. The van der Waals surface area contributed by atoms with Gasteiger partial charge in [0.2, 0.25) is 0 Å². The van der Waals surface area contributed by atoms with Gasteiger partial charge in [-0.15, -0.1) is 6.58 Å². The molecule has 0 aliphatic carbocycles. The van der Waals surface area contributed by atoms with Crippen molar-refractivity contribution in [3.05, 3.63) is 53.1 Å². The number of hydrogen-bond acceptors (Lipinski definition) is 3. The van der Waals surface area contributed by atoms with Crippen molar-refractivity contribution in [1.82, 2.24) is 19.2 Å². The summed E-state index contributed by atoms with van der Waals surface area (Å²) in [5.74, 6) is -0.0665. The average molecular weight is 391 g/mol. The van der Waals surface area contributed by atoms with Crippen molar-refractivity contribution in [3.8, 4) is 0 Å². The van der Waals surface area contributed by atoms with Crippen LogP contribution in [0.25, 0.3) is 11.1 Å². The highest BCUT2D eigenvalue weighted by Gasteiger charge is 2.21. The van der Waals surface area contributed by atoms with Gasteiger partial charge in [-0.1, -0.05) is 6.08 Å². The lowest BCUT2D eigenvalue weighted by molar-refractivity contribution is 0.0772. The molecule has 7 heteroatoms. The smallest absolute Gasteiger partial charge is 0.270 e. The van der Waals surface area contributed by atoms with Gasteiger partial charge in [0.25, 0.3) is 5.91 Å². The van der Waals surface area contributed by atoms with E-state index >= 15 is 0 Å².